The van der Waals surface area contributed by atoms with Gasteiger partial charge in [-0.2, -0.15) is 13.2 Å². The lowest BCUT2D eigenvalue weighted by atomic mass is 10.2. The second kappa shape index (κ2) is 6.72. The molecule has 0 bridgehead atoms. The highest BCUT2D eigenvalue weighted by molar-refractivity contribution is 6.31. The highest BCUT2D eigenvalue weighted by Gasteiger charge is 2.25. The van der Waals surface area contributed by atoms with Crippen LogP contribution >= 0.6 is 11.6 Å². The predicted octanol–water partition coefficient (Wildman–Crippen LogP) is 3.68. The van der Waals surface area contributed by atoms with Crippen LogP contribution in [0.1, 0.15) is 18.4 Å². The molecule has 106 valence electrons. The lowest BCUT2D eigenvalue weighted by Gasteiger charge is -2.08. The Kier molecular flexibility index (Phi) is 5.56. The molecule has 0 amide bonds. The number of rotatable bonds is 6. The summed E-state index contributed by atoms with van der Waals surface area (Å²) < 4.78 is 35.6. The van der Waals surface area contributed by atoms with Gasteiger partial charge in [0.1, 0.15) is 0 Å². The Morgan fingerprint density at radius 2 is 2.05 bits per heavy atom. The standard InChI is InChI=1S/C11H12ClF3N2O2/c12-10-6-9(17(18)19)3-2-8(10)7-16-5-1-4-11(13,14)15/h2-3,6,16H,1,4-5,7H2. The van der Waals surface area contributed by atoms with E-state index in [-0.39, 0.29) is 30.2 Å². The number of benzene rings is 1. The molecule has 0 radical (unpaired) electrons. The molecule has 0 heterocycles. The van der Waals surface area contributed by atoms with E-state index in [1.54, 1.807) is 0 Å². The van der Waals surface area contributed by atoms with Crippen molar-refractivity contribution in [3.8, 4) is 0 Å². The van der Waals surface area contributed by atoms with Crippen LogP contribution < -0.4 is 5.32 Å². The van der Waals surface area contributed by atoms with Crippen LogP contribution in [0.2, 0.25) is 5.02 Å². The molecule has 0 atom stereocenters. The summed E-state index contributed by atoms with van der Waals surface area (Å²) in [5.74, 6) is 0. The zero-order valence-corrected chi connectivity index (χ0v) is 10.6. The van der Waals surface area contributed by atoms with Crippen LogP contribution in [0.3, 0.4) is 0 Å². The summed E-state index contributed by atoms with van der Waals surface area (Å²) in [4.78, 5) is 9.92. The summed E-state index contributed by atoms with van der Waals surface area (Å²) in [6, 6.07) is 4.00. The molecule has 0 aliphatic carbocycles. The van der Waals surface area contributed by atoms with Gasteiger partial charge in [0, 0.05) is 25.1 Å². The van der Waals surface area contributed by atoms with E-state index in [4.69, 9.17) is 11.6 Å². The van der Waals surface area contributed by atoms with Crippen molar-refractivity contribution in [3.05, 3.63) is 38.9 Å². The summed E-state index contributed by atoms with van der Waals surface area (Å²) in [7, 11) is 0. The minimum absolute atomic E-state index is 0.0197. The number of halogens is 4. The molecular weight excluding hydrogens is 285 g/mol. The number of alkyl halides is 3. The number of non-ortho nitro benzene ring substituents is 1. The van der Waals surface area contributed by atoms with E-state index in [9.17, 15) is 23.3 Å². The molecule has 8 heteroatoms. The van der Waals surface area contributed by atoms with Gasteiger partial charge in [-0.05, 0) is 24.6 Å². The van der Waals surface area contributed by atoms with Gasteiger partial charge in [-0.3, -0.25) is 10.1 Å². The van der Waals surface area contributed by atoms with Crippen LogP contribution in [-0.4, -0.2) is 17.6 Å². The molecule has 0 aliphatic rings. The number of nitro groups is 1. The van der Waals surface area contributed by atoms with Gasteiger partial charge >= 0.3 is 6.18 Å². The molecule has 0 unspecified atom stereocenters. The Labute approximate surface area is 112 Å². The fourth-order valence-electron chi connectivity index (χ4n) is 1.43. The van der Waals surface area contributed by atoms with E-state index in [1.807, 2.05) is 0 Å². The second-order valence-electron chi connectivity index (χ2n) is 3.93. The molecule has 1 N–H and O–H groups in total. The summed E-state index contributed by atoms with van der Waals surface area (Å²) in [6.07, 6.45) is -5.01. The van der Waals surface area contributed by atoms with Crippen LogP contribution in [0.5, 0.6) is 0 Å². The topological polar surface area (TPSA) is 55.2 Å². The quantitative estimate of drug-likeness (QED) is 0.495. The molecule has 0 aliphatic heterocycles. The Hall–Kier alpha value is -1.34. The van der Waals surface area contributed by atoms with Crippen molar-refractivity contribution in [2.24, 2.45) is 0 Å². The maximum atomic E-state index is 11.9. The van der Waals surface area contributed by atoms with E-state index in [2.05, 4.69) is 5.32 Å². The third-order valence-corrected chi connectivity index (χ3v) is 2.73. The SMILES string of the molecule is O=[N+]([O-])c1ccc(CNCCCC(F)(F)F)c(Cl)c1. The van der Waals surface area contributed by atoms with Crippen LogP contribution in [0.15, 0.2) is 18.2 Å². The normalized spacial score (nSPS) is 11.6. The van der Waals surface area contributed by atoms with Crippen molar-refractivity contribution in [1.29, 1.82) is 0 Å². The highest BCUT2D eigenvalue weighted by Crippen LogP contribution is 2.23. The molecule has 4 nitrogen and oxygen atoms in total. The fourth-order valence-corrected chi connectivity index (χ4v) is 1.67. The lowest BCUT2D eigenvalue weighted by Crippen LogP contribution is -2.18. The van der Waals surface area contributed by atoms with Crippen LogP contribution in [-0.2, 0) is 6.54 Å². The average Bonchev–Trinajstić information content (AvgIpc) is 2.28. The maximum Gasteiger partial charge on any atom is 0.389 e. The summed E-state index contributed by atoms with van der Waals surface area (Å²) in [5.41, 5.74) is 0.491. The van der Waals surface area contributed by atoms with Crippen LogP contribution in [0, 0.1) is 10.1 Å². The molecule has 0 aromatic heterocycles. The van der Waals surface area contributed by atoms with Crippen LogP contribution in [0.4, 0.5) is 18.9 Å². The highest BCUT2D eigenvalue weighted by atomic mass is 35.5. The van der Waals surface area contributed by atoms with Gasteiger partial charge in [-0.15, -0.1) is 0 Å². The van der Waals surface area contributed by atoms with Gasteiger partial charge in [-0.1, -0.05) is 11.6 Å². The smallest absolute Gasteiger partial charge is 0.313 e. The number of nitro benzene ring substituents is 1. The van der Waals surface area contributed by atoms with Gasteiger partial charge in [-0.25, -0.2) is 0 Å². The minimum atomic E-state index is -4.15. The maximum absolute atomic E-state index is 11.9. The predicted molar refractivity (Wildman–Crippen MR) is 65.1 cm³/mol. The first-order chi connectivity index (χ1) is 8.79. The van der Waals surface area contributed by atoms with E-state index in [1.165, 1.54) is 18.2 Å². The number of hydrogen-bond donors (Lipinski definition) is 1. The first kappa shape index (κ1) is 15.7. The number of hydrogen-bond acceptors (Lipinski definition) is 3. The van der Waals surface area contributed by atoms with Gasteiger partial charge in [0.05, 0.1) is 9.95 Å². The molecule has 0 fully saturated rings. The molecule has 1 aromatic rings. The van der Waals surface area contributed by atoms with E-state index >= 15 is 0 Å². The third kappa shape index (κ3) is 5.89. The average molecular weight is 297 g/mol. The van der Waals surface area contributed by atoms with Crippen molar-refractivity contribution in [1.82, 2.24) is 5.32 Å². The first-order valence-corrected chi connectivity index (χ1v) is 5.87. The molecule has 0 spiro atoms. The largest absolute Gasteiger partial charge is 0.389 e. The van der Waals surface area contributed by atoms with Crippen molar-refractivity contribution in [2.75, 3.05) is 6.54 Å². The van der Waals surface area contributed by atoms with Gasteiger partial charge in [0.25, 0.3) is 5.69 Å². The zero-order chi connectivity index (χ0) is 14.5. The van der Waals surface area contributed by atoms with Gasteiger partial charge < -0.3 is 5.32 Å². The summed E-state index contributed by atoms with van der Waals surface area (Å²) >= 11 is 5.83. The monoisotopic (exact) mass is 296 g/mol. The number of nitrogens with one attached hydrogen (secondary N) is 1. The summed E-state index contributed by atoms with van der Waals surface area (Å²) in [6.45, 7) is 0.474. The second-order valence-corrected chi connectivity index (χ2v) is 4.34. The minimum Gasteiger partial charge on any atom is -0.313 e. The molecule has 0 saturated heterocycles. The number of nitrogens with zero attached hydrogens (tertiary/aromatic N) is 1. The van der Waals surface area contributed by atoms with Gasteiger partial charge in [0.2, 0.25) is 0 Å². The summed E-state index contributed by atoms with van der Waals surface area (Å²) in [5, 5.41) is 13.5. The third-order valence-electron chi connectivity index (χ3n) is 2.38. The molecule has 1 rings (SSSR count). The van der Waals surface area contributed by atoms with Crippen molar-refractivity contribution in [3.63, 3.8) is 0 Å². The first-order valence-electron chi connectivity index (χ1n) is 5.50. The molecule has 0 saturated carbocycles. The Bertz CT molecular complexity index is 452. The van der Waals surface area contributed by atoms with Crippen molar-refractivity contribution < 1.29 is 18.1 Å². The van der Waals surface area contributed by atoms with Crippen molar-refractivity contribution in [2.45, 2.75) is 25.6 Å². The molecular formula is C11H12ClF3N2O2. The lowest BCUT2D eigenvalue weighted by molar-refractivity contribution is -0.384. The van der Waals surface area contributed by atoms with Crippen LogP contribution in [0.25, 0.3) is 0 Å². The van der Waals surface area contributed by atoms with E-state index < -0.39 is 17.5 Å². The Morgan fingerprint density at radius 3 is 2.58 bits per heavy atom. The van der Waals surface area contributed by atoms with Gasteiger partial charge in [0.15, 0.2) is 0 Å². The van der Waals surface area contributed by atoms with E-state index in [0.717, 1.165) is 0 Å². The van der Waals surface area contributed by atoms with E-state index in [0.29, 0.717) is 5.56 Å². The fraction of sp³-hybridized carbons (Fsp3) is 0.455. The van der Waals surface area contributed by atoms with Crippen molar-refractivity contribution >= 4 is 17.3 Å². The molecule has 19 heavy (non-hydrogen) atoms. The zero-order valence-electron chi connectivity index (χ0n) is 9.84. The Balaban J connectivity index is 2.40. The Morgan fingerprint density at radius 1 is 1.37 bits per heavy atom. The molecule has 1 aromatic carbocycles.